The molecule has 0 amide bonds. The van der Waals surface area contributed by atoms with Gasteiger partial charge in [-0.05, 0) is 13.0 Å². The Labute approximate surface area is 164 Å². The van der Waals surface area contributed by atoms with Crippen molar-refractivity contribution < 1.29 is 9.53 Å². The van der Waals surface area contributed by atoms with Gasteiger partial charge in [0.1, 0.15) is 0 Å². The zero-order valence-electron chi connectivity index (χ0n) is 15.2. The van der Waals surface area contributed by atoms with Crippen LogP contribution in [0.25, 0.3) is 0 Å². The highest BCUT2D eigenvalue weighted by Gasteiger charge is 2.41. The number of aryl methyl sites for hydroxylation is 1. The molecule has 0 aromatic heterocycles. The number of nitrogens with two attached hydrogens (primary N) is 1. The minimum absolute atomic E-state index is 0.130. The van der Waals surface area contributed by atoms with Crippen LogP contribution in [0.4, 0.5) is 0 Å². The summed E-state index contributed by atoms with van der Waals surface area (Å²) in [5.41, 5.74) is 7.93. The van der Waals surface area contributed by atoms with Crippen LogP contribution >= 0.6 is 11.6 Å². The lowest BCUT2D eigenvalue weighted by Crippen LogP contribution is -2.36. The second-order valence-electron chi connectivity index (χ2n) is 6.41. The van der Waals surface area contributed by atoms with Crippen molar-refractivity contribution >= 4 is 17.6 Å². The summed E-state index contributed by atoms with van der Waals surface area (Å²) >= 11 is 6.58. The number of halogens is 1. The Bertz CT molecular complexity index is 909. The molecular weight excluding hydrogens is 358 g/mol. The fourth-order valence-electron chi connectivity index (χ4n) is 3.20. The maximum Gasteiger partial charge on any atom is 0.308 e. The Balaban J connectivity index is 2.32. The lowest BCUT2D eigenvalue weighted by Gasteiger charge is -2.36. The molecule has 0 heterocycles. The molecule has 0 radical (unpaired) electrons. The Morgan fingerprint density at radius 2 is 1.52 bits per heavy atom. The molecule has 3 rings (SSSR count). The molecule has 4 heteroatoms. The molecule has 0 fully saturated rings. The molecule has 0 saturated carbocycles. The van der Waals surface area contributed by atoms with Crippen LogP contribution in [0.15, 0.2) is 78.9 Å². The van der Waals surface area contributed by atoms with Crippen molar-refractivity contribution in [3.63, 3.8) is 0 Å². The molecule has 3 nitrogen and oxygen atoms in total. The summed E-state index contributed by atoms with van der Waals surface area (Å²) in [7, 11) is 0. The Morgan fingerprint density at radius 1 is 0.926 bits per heavy atom. The summed E-state index contributed by atoms with van der Waals surface area (Å²) < 4.78 is 6.15. The maximum absolute atomic E-state index is 12.6. The van der Waals surface area contributed by atoms with Crippen molar-refractivity contribution in [1.82, 2.24) is 0 Å². The molecule has 3 aromatic carbocycles. The van der Waals surface area contributed by atoms with Gasteiger partial charge in [-0.1, -0.05) is 90.0 Å². The van der Waals surface area contributed by atoms with Crippen LogP contribution in [0.3, 0.4) is 0 Å². The van der Waals surface area contributed by atoms with Gasteiger partial charge in [0.05, 0.1) is 6.42 Å². The van der Waals surface area contributed by atoms with E-state index in [-0.39, 0.29) is 18.9 Å². The topological polar surface area (TPSA) is 52.3 Å². The lowest BCUT2D eigenvalue weighted by molar-refractivity contribution is -0.153. The van der Waals surface area contributed by atoms with Crippen LogP contribution in [0, 0.1) is 6.92 Å². The van der Waals surface area contributed by atoms with E-state index in [0.717, 1.165) is 16.7 Å². The Morgan fingerprint density at radius 3 is 2.15 bits per heavy atom. The number of hydrogen-bond donors (Lipinski definition) is 1. The number of ether oxygens (including phenoxy) is 1. The van der Waals surface area contributed by atoms with Gasteiger partial charge >= 0.3 is 5.97 Å². The first-order valence-electron chi connectivity index (χ1n) is 8.87. The van der Waals surface area contributed by atoms with Gasteiger partial charge < -0.3 is 10.5 Å². The SMILES string of the molecule is Cc1ccc(C(OC(=O)CCN)(c2ccccc2)c2ccccc2Cl)cc1. The number of hydrogen-bond acceptors (Lipinski definition) is 3. The minimum atomic E-state index is -1.15. The van der Waals surface area contributed by atoms with Crippen molar-refractivity contribution in [2.24, 2.45) is 5.73 Å². The molecule has 1 unspecified atom stereocenters. The molecule has 0 saturated heterocycles. The van der Waals surface area contributed by atoms with Crippen LogP contribution < -0.4 is 5.73 Å². The molecule has 0 aliphatic rings. The van der Waals surface area contributed by atoms with Crippen LogP contribution in [-0.2, 0) is 15.1 Å². The van der Waals surface area contributed by atoms with Gasteiger partial charge in [-0.15, -0.1) is 0 Å². The second kappa shape index (κ2) is 8.38. The highest BCUT2D eigenvalue weighted by molar-refractivity contribution is 6.31. The smallest absolute Gasteiger partial charge is 0.308 e. The zero-order valence-corrected chi connectivity index (χ0v) is 15.9. The number of esters is 1. The third-order valence-corrected chi connectivity index (χ3v) is 4.84. The molecule has 0 aliphatic carbocycles. The van der Waals surface area contributed by atoms with Gasteiger partial charge in [-0.25, -0.2) is 0 Å². The summed E-state index contributed by atoms with van der Waals surface area (Å²) in [6.45, 7) is 2.24. The molecule has 0 spiro atoms. The van der Waals surface area contributed by atoms with Crippen LogP contribution in [0.2, 0.25) is 5.02 Å². The Kier molecular flexibility index (Phi) is 5.94. The van der Waals surface area contributed by atoms with E-state index in [9.17, 15) is 4.79 Å². The number of rotatable bonds is 6. The molecule has 0 bridgehead atoms. The van der Waals surface area contributed by atoms with Crippen LogP contribution in [0.1, 0.15) is 28.7 Å². The standard InChI is InChI=1S/C23H22ClNO2/c1-17-11-13-19(14-12-17)23(27-22(26)15-16-25,18-7-3-2-4-8-18)20-9-5-6-10-21(20)24/h2-14H,15-16,25H2,1H3. The fourth-order valence-corrected chi connectivity index (χ4v) is 3.47. The van der Waals surface area contributed by atoms with Gasteiger partial charge in [0.25, 0.3) is 0 Å². The minimum Gasteiger partial charge on any atom is -0.444 e. The van der Waals surface area contributed by atoms with E-state index in [0.29, 0.717) is 10.6 Å². The van der Waals surface area contributed by atoms with E-state index in [1.807, 2.05) is 79.7 Å². The van der Waals surface area contributed by atoms with Crippen molar-refractivity contribution in [3.05, 3.63) is 106 Å². The highest BCUT2D eigenvalue weighted by atomic mass is 35.5. The molecule has 2 N–H and O–H groups in total. The highest BCUT2D eigenvalue weighted by Crippen LogP contribution is 2.43. The number of benzene rings is 3. The van der Waals surface area contributed by atoms with E-state index in [1.165, 1.54) is 0 Å². The van der Waals surface area contributed by atoms with Gasteiger partial charge in [-0.2, -0.15) is 0 Å². The number of carbonyl (C=O) groups is 1. The van der Waals surface area contributed by atoms with Gasteiger partial charge in [0.15, 0.2) is 5.60 Å². The second-order valence-corrected chi connectivity index (χ2v) is 6.81. The summed E-state index contributed by atoms with van der Waals surface area (Å²) in [6.07, 6.45) is 0.130. The lowest BCUT2D eigenvalue weighted by atomic mass is 9.79. The largest absolute Gasteiger partial charge is 0.444 e. The fraction of sp³-hybridized carbons (Fsp3) is 0.174. The number of carbonyl (C=O) groups excluding carboxylic acids is 1. The summed E-state index contributed by atoms with van der Waals surface area (Å²) in [5.74, 6) is -0.373. The monoisotopic (exact) mass is 379 g/mol. The summed E-state index contributed by atoms with van der Waals surface area (Å²) in [5, 5.41) is 0.530. The average molecular weight is 380 g/mol. The van der Waals surface area contributed by atoms with Gasteiger partial charge in [-0.3, -0.25) is 4.79 Å². The first-order chi connectivity index (χ1) is 13.1. The first-order valence-corrected chi connectivity index (χ1v) is 9.25. The molecule has 0 aliphatic heterocycles. The van der Waals surface area contributed by atoms with E-state index >= 15 is 0 Å². The zero-order chi connectivity index (χ0) is 19.3. The third-order valence-electron chi connectivity index (χ3n) is 4.51. The molecular formula is C23H22ClNO2. The van der Waals surface area contributed by atoms with Crippen LogP contribution in [0.5, 0.6) is 0 Å². The van der Waals surface area contributed by atoms with Crippen molar-refractivity contribution in [2.75, 3.05) is 6.54 Å². The quantitative estimate of drug-likeness (QED) is 0.493. The van der Waals surface area contributed by atoms with E-state index < -0.39 is 5.60 Å². The van der Waals surface area contributed by atoms with Crippen molar-refractivity contribution in [1.29, 1.82) is 0 Å². The normalized spacial score (nSPS) is 13.0. The molecule has 3 aromatic rings. The summed E-state index contributed by atoms with van der Waals surface area (Å²) in [6, 6.07) is 25.1. The molecule has 138 valence electrons. The van der Waals surface area contributed by atoms with Crippen molar-refractivity contribution in [3.8, 4) is 0 Å². The Hall–Kier alpha value is -2.62. The molecule has 27 heavy (non-hydrogen) atoms. The van der Waals surface area contributed by atoms with E-state index in [4.69, 9.17) is 22.1 Å². The predicted octanol–water partition coefficient (Wildman–Crippen LogP) is 4.83. The first kappa shape index (κ1) is 19.2. The third kappa shape index (κ3) is 3.90. The average Bonchev–Trinajstić information content (AvgIpc) is 2.68. The molecule has 1 atom stereocenters. The predicted molar refractivity (Wildman–Crippen MR) is 109 cm³/mol. The van der Waals surface area contributed by atoms with Gasteiger partial charge in [0, 0.05) is 28.3 Å². The summed E-state index contributed by atoms with van der Waals surface area (Å²) in [4.78, 5) is 12.6. The van der Waals surface area contributed by atoms with E-state index in [2.05, 4.69) is 0 Å². The van der Waals surface area contributed by atoms with E-state index in [1.54, 1.807) is 6.07 Å². The van der Waals surface area contributed by atoms with Crippen molar-refractivity contribution in [2.45, 2.75) is 18.9 Å². The van der Waals surface area contributed by atoms with Gasteiger partial charge in [0.2, 0.25) is 0 Å². The maximum atomic E-state index is 12.6. The van der Waals surface area contributed by atoms with Crippen LogP contribution in [-0.4, -0.2) is 12.5 Å².